The highest BCUT2D eigenvalue weighted by Gasteiger charge is 2.55. The number of nitrogens with one attached hydrogen (secondary N) is 1. The lowest BCUT2D eigenvalue weighted by Crippen LogP contribution is -2.38. The summed E-state index contributed by atoms with van der Waals surface area (Å²) in [6.45, 7) is -6.57. The number of phenols is 1. The highest BCUT2D eigenvalue weighted by atomic mass is 32.7. The number of ketones is 1. The van der Waals surface area contributed by atoms with Crippen molar-refractivity contribution in [3.63, 3.8) is 0 Å². The van der Waals surface area contributed by atoms with Crippen LogP contribution < -0.4 is 17.0 Å². The third-order valence-electron chi connectivity index (χ3n) is 9.35. The lowest BCUT2D eigenvalue weighted by atomic mass is 10.0. The molecule has 3 aromatic heterocycles. The van der Waals surface area contributed by atoms with Gasteiger partial charge in [0.2, 0.25) is 0 Å². The van der Waals surface area contributed by atoms with Gasteiger partial charge in [0.15, 0.2) is 42.0 Å². The molecule has 25 heteroatoms. The lowest BCUT2D eigenvalue weighted by molar-refractivity contribution is -0.0648. The number of H-pyrrole nitrogens is 1. The van der Waals surface area contributed by atoms with Gasteiger partial charge in [-0.05, 0) is 41.2 Å². The van der Waals surface area contributed by atoms with Gasteiger partial charge in [-0.15, -0.1) is 0 Å². The van der Waals surface area contributed by atoms with E-state index in [0.29, 0.717) is 28.1 Å². The molecule has 0 saturated carbocycles. The molecule has 10 atom stereocenters. The van der Waals surface area contributed by atoms with Crippen LogP contribution in [0.5, 0.6) is 5.75 Å². The van der Waals surface area contributed by atoms with Gasteiger partial charge in [-0.3, -0.25) is 41.8 Å². The summed E-state index contributed by atoms with van der Waals surface area (Å²) in [5, 5.41) is 9.57. The zero-order chi connectivity index (χ0) is 40.9. The molecule has 0 spiro atoms. The van der Waals surface area contributed by atoms with Crippen LogP contribution in [0.15, 0.2) is 83.0 Å². The van der Waals surface area contributed by atoms with Crippen LogP contribution in [0.25, 0.3) is 11.2 Å². The Labute approximate surface area is 328 Å². The van der Waals surface area contributed by atoms with E-state index in [1.807, 2.05) is 4.98 Å². The Morgan fingerprint density at radius 1 is 0.879 bits per heavy atom. The number of aromatic hydroxyl groups is 1. The Balaban J connectivity index is 1.11. The largest absolute Gasteiger partial charge is 0.508 e. The van der Waals surface area contributed by atoms with Gasteiger partial charge in [-0.25, -0.2) is 37.7 Å². The average molecular weight is 866 g/mol. The van der Waals surface area contributed by atoms with E-state index < -0.39 is 88.3 Å². The number of carbonyl (C=O) groups excluding carboxylic acids is 1. The van der Waals surface area contributed by atoms with E-state index in [-0.39, 0.29) is 34.3 Å². The van der Waals surface area contributed by atoms with Crippen LogP contribution in [0.4, 0.5) is 14.6 Å². The van der Waals surface area contributed by atoms with Crippen LogP contribution in [0.2, 0.25) is 0 Å². The van der Waals surface area contributed by atoms with E-state index in [4.69, 9.17) is 33.3 Å². The summed E-state index contributed by atoms with van der Waals surface area (Å²) in [6, 6.07) is 12.8. The van der Waals surface area contributed by atoms with Crippen molar-refractivity contribution in [1.29, 1.82) is 0 Å². The number of benzene rings is 2. The highest BCUT2D eigenvalue weighted by Crippen LogP contribution is 2.65. The minimum Gasteiger partial charge on any atom is -0.508 e. The van der Waals surface area contributed by atoms with Gasteiger partial charge in [0, 0.05) is 29.1 Å². The minimum atomic E-state index is -5.27. The fourth-order valence-corrected chi connectivity index (χ4v) is 10.7. The van der Waals surface area contributed by atoms with Crippen molar-refractivity contribution >= 4 is 48.8 Å². The number of rotatable bonds is 7. The molecule has 0 aliphatic carbocycles. The Morgan fingerprint density at radius 2 is 1.50 bits per heavy atom. The molecule has 5 N–H and O–H groups in total. The van der Waals surface area contributed by atoms with E-state index >= 15 is 8.78 Å². The first kappa shape index (κ1) is 40.1. The van der Waals surface area contributed by atoms with Gasteiger partial charge >= 0.3 is 20.3 Å². The van der Waals surface area contributed by atoms with Crippen molar-refractivity contribution in [1.82, 2.24) is 29.1 Å². The monoisotopic (exact) mass is 865 g/mol. The second-order valence-corrected chi connectivity index (χ2v) is 18.5. The van der Waals surface area contributed by atoms with Crippen molar-refractivity contribution in [2.45, 2.75) is 55.0 Å². The molecule has 20 nitrogen and oxygen atoms in total. The molecule has 0 radical (unpaired) electrons. The molecule has 6 heterocycles. The van der Waals surface area contributed by atoms with Crippen LogP contribution >= 0.6 is 26.0 Å². The zero-order valence-electron chi connectivity index (χ0n) is 29.4. The molecule has 3 aliphatic heterocycles. The van der Waals surface area contributed by atoms with E-state index in [1.54, 1.807) is 12.1 Å². The number of hydrogen-bond donors (Lipinski definition) is 4. The van der Waals surface area contributed by atoms with Crippen molar-refractivity contribution in [3.8, 4) is 5.75 Å². The topological polar surface area (TPSA) is 272 Å². The molecule has 3 aliphatic rings. The summed E-state index contributed by atoms with van der Waals surface area (Å²) in [7, 11) is -5.27. The Bertz CT molecular complexity index is 2570. The quantitative estimate of drug-likeness (QED) is 0.135. The van der Waals surface area contributed by atoms with E-state index in [0.717, 1.165) is 29.5 Å². The van der Waals surface area contributed by atoms with Gasteiger partial charge in [-0.1, -0.05) is 24.3 Å². The SMILES string of the molecule is Nc1ncnc2c1ncn2[C@@H]1O[C@@H]2COP(=O)(SCc3ccc(C(=O)c4ccc(O)cc4)cc3)O[C@@H]3[C@H](F)[C@@H](COP(=O)(O)O[C@@H]1[C@@H]2F)O[C@H]3n1ccc(=O)[nH]c1=O. The van der Waals surface area contributed by atoms with Crippen LogP contribution in [-0.4, -0.2) is 94.8 Å². The van der Waals surface area contributed by atoms with Crippen LogP contribution in [0, 0.1) is 0 Å². The minimum absolute atomic E-state index is 0.0110. The van der Waals surface area contributed by atoms with Crippen molar-refractivity contribution in [2.24, 2.45) is 0 Å². The first-order valence-electron chi connectivity index (χ1n) is 17.2. The molecule has 5 aromatic rings. The first-order chi connectivity index (χ1) is 27.7. The molecular weight excluding hydrogens is 834 g/mol. The van der Waals surface area contributed by atoms with Crippen LogP contribution in [-0.2, 0) is 42.5 Å². The number of alkyl halides is 2. The van der Waals surface area contributed by atoms with Crippen molar-refractivity contribution in [2.75, 3.05) is 18.9 Å². The lowest BCUT2D eigenvalue weighted by Gasteiger charge is -2.27. The zero-order valence-corrected chi connectivity index (χ0v) is 32.0. The predicted octanol–water partition coefficient (Wildman–Crippen LogP) is 3.33. The normalized spacial score (nSPS) is 31.6. The second kappa shape index (κ2) is 15.8. The van der Waals surface area contributed by atoms with E-state index in [2.05, 4.69) is 15.0 Å². The third kappa shape index (κ3) is 8.02. The molecule has 4 bridgehead atoms. The molecule has 3 fully saturated rings. The molecular formula is C33H31F2N7O13P2S. The maximum atomic E-state index is 16.4. The number of carbonyl (C=O) groups is 1. The first-order valence-corrected chi connectivity index (χ1v) is 21.8. The summed E-state index contributed by atoms with van der Waals surface area (Å²) in [5.41, 5.74) is 5.31. The van der Waals surface area contributed by atoms with Gasteiger partial charge in [0.1, 0.15) is 42.0 Å². The average Bonchev–Trinajstić information content (AvgIpc) is 3.85. The number of halogens is 2. The second-order valence-electron chi connectivity index (χ2n) is 13.1. The van der Waals surface area contributed by atoms with Crippen LogP contribution in [0.3, 0.4) is 0 Å². The maximum Gasteiger partial charge on any atom is 0.472 e. The smallest absolute Gasteiger partial charge is 0.472 e. The van der Waals surface area contributed by atoms with E-state index in [1.165, 1.54) is 41.0 Å². The number of anilines is 1. The summed E-state index contributed by atoms with van der Waals surface area (Å²) in [4.78, 5) is 62.5. The van der Waals surface area contributed by atoms with Crippen molar-refractivity contribution < 1.29 is 60.3 Å². The number of hydrogen-bond acceptors (Lipinski definition) is 17. The maximum absolute atomic E-state index is 16.4. The third-order valence-corrected chi connectivity index (χ3v) is 14.0. The van der Waals surface area contributed by atoms with Gasteiger partial charge in [0.25, 0.3) is 5.56 Å². The molecule has 58 heavy (non-hydrogen) atoms. The number of nitrogen functional groups attached to an aromatic ring is 1. The summed E-state index contributed by atoms with van der Waals surface area (Å²) in [6.07, 6.45) is -12.0. The van der Waals surface area contributed by atoms with Crippen molar-refractivity contribution in [3.05, 3.63) is 111 Å². The fraction of sp³-hybridized carbons (Fsp3) is 0.333. The molecule has 8 rings (SSSR count). The number of nitrogens with two attached hydrogens (primary N) is 1. The molecule has 2 aromatic carbocycles. The predicted molar refractivity (Wildman–Crippen MR) is 197 cm³/mol. The van der Waals surface area contributed by atoms with Gasteiger partial charge in [-0.2, -0.15) is 0 Å². The summed E-state index contributed by atoms with van der Waals surface area (Å²) in [5.74, 6) is -0.516. The van der Waals surface area contributed by atoms with E-state index in [9.17, 15) is 33.5 Å². The fourth-order valence-electron chi connectivity index (χ4n) is 6.46. The Hall–Kier alpha value is -4.67. The molecule has 2 unspecified atom stereocenters. The standard InChI is InChI=1S/C33H31F2N7O13P2S/c34-23-21-12-51-57(49,58-13-16-1-3-17(4-2-16)26(45)18-5-7-19(43)8-6-18)55-28-24(35)20(52-31(28)41-10-9-22(44)40-33(41)46)11-50-56(47,48)54-27(23)32(53-21)42-15-39-25-29(36)37-14-38-30(25)42/h1-10,14-15,20-21,23-24,27-28,31-32,43H,11-13H2,(H,47,48)(H2,36,37,38)(H,40,44,46)/t20-,21-,23-,24-,27-,28-,31-,32-,57?/m1/s1. The number of aromatic nitrogens is 6. The van der Waals surface area contributed by atoms with Gasteiger partial charge in [0.05, 0.1) is 19.5 Å². The number of imidazole rings is 1. The number of phosphoric ester groups is 1. The summed E-state index contributed by atoms with van der Waals surface area (Å²) < 4.78 is 96.4. The highest BCUT2D eigenvalue weighted by molar-refractivity contribution is 8.54. The van der Waals surface area contributed by atoms with Crippen LogP contribution in [0.1, 0.15) is 33.9 Å². The molecule has 306 valence electrons. The molecule has 0 amide bonds. The number of phenolic OH excluding ortho intramolecular Hbond substituents is 1. The number of fused-ring (bicyclic) bond motifs is 5. The Kier molecular flexibility index (Phi) is 11.0. The number of aromatic amines is 1. The number of ether oxygens (including phenoxy) is 2. The molecule has 3 saturated heterocycles. The summed E-state index contributed by atoms with van der Waals surface area (Å²) >= 11 is 0.558. The number of nitrogens with zero attached hydrogens (tertiary/aromatic N) is 5. The number of phosphoric acid groups is 1. The van der Waals surface area contributed by atoms with Gasteiger partial charge < -0.3 is 25.2 Å². The Morgan fingerprint density at radius 3 is 2.17 bits per heavy atom.